The van der Waals surface area contributed by atoms with E-state index >= 15 is 0 Å². The topological polar surface area (TPSA) is 105 Å². The fourth-order valence-electron chi connectivity index (χ4n) is 1.26. The lowest BCUT2D eigenvalue weighted by Gasteiger charge is -2.08. The van der Waals surface area contributed by atoms with E-state index in [0.717, 1.165) is 17.5 Å². The molecule has 2 aromatic heterocycles. The number of sulfonamides is 1. The summed E-state index contributed by atoms with van der Waals surface area (Å²) in [6.07, 6.45) is 1.14. The SMILES string of the molecule is COc1nc(C#N)cnc1NS(=O)(=O)c1ccc(Cl)s1. The molecule has 2 heterocycles. The van der Waals surface area contributed by atoms with Gasteiger partial charge in [0.2, 0.25) is 5.82 Å². The minimum absolute atomic E-state index is 0.0176. The van der Waals surface area contributed by atoms with Gasteiger partial charge in [0.1, 0.15) is 10.3 Å². The Bertz CT molecular complexity index is 782. The van der Waals surface area contributed by atoms with Crippen LogP contribution in [0.2, 0.25) is 4.34 Å². The Hall–Kier alpha value is -1.89. The van der Waals surface area contributed by atoms with Gasteiger partial charge in [-0.2, -0.15) is 10.2 Å². The zero-order chi connectivity index (χ0) is 14.8. The van der Waals surface area contributed by atoms with E-state index < -0.39 is 10.0 Å². The zero-order valence-corrected chi connectivity index (χ0v) is 12.4. The number of thiophene rings is 1. The van der Waals surface area contributed by atoms with Crippen LogP contribution in [0.5, 0.6) is 5.88 Å². The average molecular weight is 331 g/mol. The molecule has 0 saturated carbocycles. The van der Waals surface area contributed by atoms with E-state index in [2.05, 4.69) is 14.7 Å². The number of nitrogens with zero attached hydrogens (tertiary/aromatic N) is 3. The maximum Gasteiger partial charge on any atom is 0.272 e. The Balaban J connectivity index is 2.37. The van der Waals surface area contributed by atoms with Gasteiger partial charge in [-0.1, -0.05) is 11.6 Å². The highest BCUT2D eigenvalue weighted by Gasteiger charge is 2.20. The summed E-state index contributed by atoms with van der Waals surface area (Å²) in [6.45, 7) is 0. The highest BCUT2D eigenvalue weighted by molar-refractivity contribution is 7.94. The van der Waals surface area contributed by atoms with Gasteiger partial charge < -0.3 is 4.74 Å². The first-order valence-corrected chi connectivity index (χ1v) is 7.73. The molecule has 1 N–H and O–H groups in total. The molecule has 0 radical (unpaired) electrons. The lowest BCUT2D eigenvalue weighted by molar-refractivity contribution is 0.398. The third-order valence-corrected chi connectivity index (χ3v) is 5.15. The number of aromatic nitrogens is 2. The second kappa shape index (κ2) is 5.62. The Morgan fingerprint density at radius 1 is 1.50 bits per heavy atom. The molecule has 0 aliphatic heterocycles. The second-order valence-corrected chi connectivity index (χ2v) is 7.01. The number of hydrogen-bond acceptors (Lipinski definition) is 7. The molecule has 0 saturated heterocycles. The number of nitriles is 1. The summed E-state index contributed by atoms with van der Waals surface area (Å²) in [6, 6.07) is 4.63. The molecule has 2 aromatic rings. The third kappa shape index (κ3) is 2.98. The third-order valence-electron chi connectivity index (χ3n) is 2.09. The van der Waals surface area contributed by atoms with Crippen molar-refractivity contribution in [1.82, 2.24) is 9.97 Å². The number of nitrogens with one attached hydrogen (secondary N) is 1. The van der Waals surface area contributed by atoms with Crippen molar-refractivity contribution in [3.8, 4) is 11.9 Å². The summed E-state index contributed by atoms with van der Waals surface area (Å²) < 4.78 is 31.7. The number of hydrogen-bond donors (Lipinski definition) is 1. The fourth-order valence-corrected chi connectivity index (χ4v) is 3.75. The lowest BCUT2D eigenvalue weighted by Crippen LogP contribution is -2.14. The maximum absolute atomic E-state index is 12.1. The van der Waals surface area contributed by atoms with Crippen molar-refractivity contribution in [2.45, 2.75) is 4.21 Å². The van der Waals surface area contributed by atoms with Crippen LogP contribution in [0.4, 0.5) is 5.82 Å². The maximum atomic E-state index is 12.1. The van der Waals surface area contributed by atoms with Gasteiger partial charge in [-0.25, -0.2) is 13.4 Å². The summed E-state index contributed by atoms with van der Waals surface area (Å²) >= 11 is 6.61. The van der Waals surface area contributed by atoms with E-state index in [4.69, 9.17) is 21.6 Å². The zero-order valence-electron chi connectivity index (χ0n) is 9.99. The quantitative estimate of drug-likeness (QED) is 0.917. The Labute approximate surface area is 123 Å². The smallest absolute Gasteiger partial charge is 0.272 e. The summed E-state index contributed by atoms with van der Waals surface area (Å²) in [5.74, 6) is -0.189. The van der Waals surface area contributed by atoms with E-state index in [1.807, 2.05) is 0 Å². The van der Waals surface area contributed by atoms with Crippen molar-refractivity contribution in [2.24, 2.45) is 0 Å². The molecule has 0 spiro atoms. The lowest BCUT2D eigenvalue weighted by atomic mass is 10.5. The molecular formula is C10H7ClN4O3S2. The summed E-state index contributed by atoms with van der Waals surface area (Å²) in [5.41, 5.74) is 0.0176. The van der Waals surface area contributed by atoms with Crippen LogP contribution in [-0.4, -0.2) is 25.5 Å². The molecule has 0 aliphatic carbocycles. The molecule has 0 aliphatic rings. The average Bonchev–Trinajstić information content (AvgIpc) is 2.86. The molecule has 10 heteroatoms. The first kappa shape index (κ1) is 14.5. The minimum Gasteiger partial charge on any atom is -0.478 e. The molecular weight excluding hydrogens is 324 g/mol. The van der Waals surface area contributed by atoms with Gasteiger partial charge in [0.25, 0.3) is 15.9 Å². The predicted molar refractivity (Wildman–Crippen MR) is 73.4 cm³/mol. The monoisotopic (exact) mass is 330 g/mol. The van der Waals surface area contributed by atoms with Crippen LogP contribution in [0.1, 0.15) is 5.69 Å². The largest absolute Gasteiger partial charge is 0.478 e. The fraction of sp³-hybridized carbons (Fsp3) is 0.100. The molecule has 7 nitrogen and oxygen atoms in total. The first-order valence-electron chi connectivity index (χ1n) is 5.05. The van der Waals surface area contributed by atoms with E-state index in [1.54, 1.807) is 6.07 Å². The highest BCUT2D eigenvalue weighted by Crippen LogP contribution is 2.28. The van der Waals surface area contributed by atoms with Gasteiger partial charge in [-0.15, -0.1) is 11.3 Å². The molecule has 104 valence electrons. The number of anilines is 1. The van der Waals surface area contributed by atoms with Crippen molar-refractivity contribution < 1.29 is 13.2 Å². The van der Waals surface area contributed by atoms with Crippen molar-refractivity contribution in [1.29, 1.82) is 5.26 Å². The Kier molecular flexibility index (Phi) is 4.08. The molecule has 0 atom stereocenters. The summed E-state index contributed by atoms with van der Waals surface area (Å²) in [5, 5.41) is 8.70. The van der Waals surface area contributed by atoms with Crippen molar-refractivity contribution in [2.75, 3.05) is 11.8 Å². The highest BCUT2D eigenvalue weighted by atomic mass is 35.5. The van der Waals surface area contributed by atoms with Gasteiger partial charge in [-0.05, 0) is 12.1 Å². The van der Waals surface area contributed by atoms with Crippen LogP contribution >= 0.6 is 22.9 Å². The van der Waals surface area contributed by atoms with Crippen molar-refractivity contribution >= 4 is 38.8 Å². The first-order chi connectivity index (χ1) is 9.46. The van der Waals surface area contributed by atoms with Gasteiger partial charge in [0.15, 0.2) is 5.69 Å². The Morgan fingerprint density at radius 2 is 2.25 bits per heavy atom. The number of ether oxygens (including phenoxy) is 1. The van der Waals surface area contributed by atoms with Gasteiger partial charge in [0, 0.05) is 0 Å². The molecule has 0 amide bonds. The molecule has 0 bridgehead atoms. The van der Waals surface area contributed by atoms with Gasteiger partial charge >= 0.3 is 0 Å². The van der Waals surface area contributed by atoms with E-state index in [9.17, 15) is 8.42 Å². The normalized spacial score (nSPS) is 10.8. The van der Waals surface area contributed by atoms with Gasteiger partial charge in [-0.3, -0.25) is 4.72 Å². The van der Waals surface area contributed by atoms with Crippen LogP contribution in [0.15, 0.2) is 22.5 Å². The number of halogens is 1. The van der Waals surface area contributed by atoms with Crippen LogP contribution in [-0.2, 0) is 10.0 Å². The van der Waals surface area contributed by atoms with Gasteiger partial charge in [0.05, 0.1) is 17.6 Å². The number of rotatable bonds is 4. The van der Waals surface area contributed by atoms with E-state index in [-0.39, 0.29) is 21.6 Å². The van der Waals surface area contributed by atoms with E-state index in [1.165, 1.54) is 19.2 Å². The molecule has 2 rings (SSSR count). The van der Waals surface area contributed by atoms with Crippen molar-refractivity contribution in [3.63, 3.8) is 0 Å². The predicted octanol–water partition coefficient (Wildman–Crippen LogP) is 1.87. The van der Waals surface area contributed by atoms with Crippen LogP contribution in [0.3, 0.4) is 0 Å². The molecule has 0 unspecified atom stereocenters. The summed E-state index contributed by atoms with van der Waals surface area (Å²) in [4.78, 5) is 7.61. The van der Waals surface area contributed by atoms with Crippen LogP contribution < -0.4 is 9.46 Å². The molecule has 20 heavy (non-hydrogen) atoms. The van der Waals surface area contributed by atoms with Crippen LogP contribution in [0, 0.1) is 11.3 Å². The second-order valence-electron chi connectivity index (χ2n) is 3.39. The van der Waals surface area contributed by atoms with E-state index in [0.29, 0.717) is 4.34 Å². The number of methoxy groups -OCH3 is 1. The summed E-state index contributed by atoms with van der Waals surface area (Å²) in [7, 11) is -2.53. The Morgan fingerprint density at radius 3 is 2.80 bits per heavy atom. The minimum atomic E-state index is -3.83. The van der Waals surface area contributed by atoms with Crippen LogP contribution in [0.25, 0.3) is 0 Å². The molecule has 0 fully saturated rings. The van der Waals surface area contributed by atoms with Crippen molar-refractivity contribution in [3.05, 3.63) is 28.4 Å². The standard InChI is InChI=1S/C10H7ClN4O3S2/c1-18-10-9(13-5-6(4-12)14-10)15-20(16,17)8-3-2-7(11)19-8/h2-3,5H,1H3,(H,13,15). The molecule has 0 aromatic carbocycles.